The van der Waals surface area contributed by atoms with Crippen molar-refractivity contribution in [2.24, 2.45) is 0 Å². The molecule has 0 aliphatic heterocycles. The van der Waals surface area contributed by atoms with Gasteiger partial charge in [-0.25, -0.2) is 0 Å². The highest BCUT2D eigenvalue weighted by Gasteiger charge is 2.27. The number of rotatable bonds is 10. The van der Waals surface area contributed by atoms with Crippen molar-refractivity contribution in [2.45, 2.75) is 72.4 Å². The molecule has 0 saturated carbocycles. The molecule has 4 nitrogen and oxygen atoms in total. The van der Waals surface area contributed by atoms with E-state index in [0.717, 1.165) is 24.8 Å². The molecule has 0 fully saturated rings. The van der Waals surface area contributed by atoms with Gasteiger partial charge < -0.3 is 10.2 Å². The lowest BCUT2D eigenvalue weighted by Crippen LogP contribution is -2.49. The van der Waals surface area contributed by atoms with Crippen LogP contribution in [0.15, 0.2) is 24.3 Å². The van der Waals surface area contributed by atoms with E-state index in [1.807, 2.05) is 45.0 Å². The van der Waals surface area contributed by atoms with Crippen LogP contribution in [-0.2, 0) is 16.1 Å². The molecule has 0 spiro atoms. The summed E-state index contributed by atoms with van der Waals surface area (Å²) >= 11 is 0. The molecule has 0 bridgehead atoms. The van der Waals surface area contributed by atoms with Crippen molar-refractivity contribution in [3.05, 3.63) is 35.4 Å². The van der Waals surface area contributed by atoms with E-state index < -0.39 is 6.04 Å². The number of hydrogen-bond acceptors (Lipinski definition) is 2. The third-order valence-corrected chi connectivity index (χ3v) is 4.15. The van der Waals surface area contributed by atoms with Gasteiger partial charge in [0.15, 0.2) is 0 Å². The summed E-state index contributed by atoms with van der Waals surface area (Å²) in [6, 6.07) is 7.74. The van der Waals surface area contributed by atoms with Gasteiger partial charge in [-0.15, -0.1) is 0 Å². The summed E-state index contributed by atoms with van der Waals surface area (Å²) < 4.78 is 0. The summed E-state index contributed by atoms with van der Waals surface area (Å²) in [5.74, 6) is 0.0121. The summed E-state index contributed by atoms with van der Waals surface area (Å²) in [6.07, 6.45) is 3.89. The normalized spacial score (nSPS) is 11.8. The van der Waals surface area contributed by atoms with Crippen LogP contribution in [0.5, 0.6) is 0 Å². The van der Waals surface area contributed by atoms with E-state index >= 15 is 0 Å². The van der Waals surface area contributed by atoms with Crippen LogP contribution < -0.4 is 5.32 Å². The molecule has 1 atom stereocenters. The van der Waals surface area contributed by atoms with Gasteiger partial charge in [0.25, 0.3) is 0 Å². The van der Waals surface area contributed by atoms with Crippen molar-refractivity contribution in [2.75, 3.05) is 6.54 Å². The highest BCUT2D eigenvalue weighted by Crippen LogP contribution is 2.15. The third kappa shape index (κ3) is 6.34. The first-order chi connectivity index (χ1) is 11.5. The number of benzene rings is 1. The Balaban J connectivity index is 2.90. The highest BCUT2D eigenvalue weighted by atomic mass is 16.2. The SMILES string of the molecule is CCCCNC(=O)[C@H](CC)N(Cc1ccc(C)cc1)C(=O)CCC. The number of aryl methyl sites for hydroxylation is 1. The summed E-state index contributed by atoms with van der Waals surface area (Å²) in [7, 11) is 0. The number of carbonyl (C=O) groups is 2. The van der Waals surface area contributed by atoms with E-state index in [-0.39, 0.29) is 11.8 Å². The molecular formula is C20H32N2O2. The minimum Gasteiger partial charge on any atom is -0.354 e. The lowest BCUT2D eigenvalue weighted by Gasteiger charge is -2.30. The second-order valence-corrected chi connectivity index (χ2v) is 6.33. The van der Waals surface area contributed by atoms with Gasteiger partial charge in [0.05, 0.1) is 0 Å². The van der Waals surface area contributed by atoms with Gasteiger partial charge in [-0.3, -0.25) is 9.59 Å². The van der Waals surface area contributed by atoms with Crippen molar-refractivity contribution in [3.63, 3.8) is 0 Å². The second-order valence-electron chi connectivity index (χ2n) is 6.33. The zero-order valence-electron chi connectivity index (χ0n) is 15.6. The topological polar surface area (TPSA) is 49.4 Å². The van der Waals surface area contributed by atoms with E-state index in [9.17, 15) is 9.59 Å². The fraction of sp³-hybridized carbons (Fsp3) is 0.600. The van der Waals surface area contributed by atoms with Crippen LogP contribution in [0.3, 0.4) is 0 Å². The van der Waals surface area contributed by atoms with Gasteiger partial charge in [-0.2, -0.15) is 0 Å². The van der Waals surface area contributed by atoms with E-state index in [1.165, 1.54) is 5.56 Å². The highest BCUT2D eigenvalue weighted by molar-refractivity contribution is 5.87. The first-order valence-electron chi connectivity index (χ1n) is 9.16. The van der Waals surface area contributed by atoms with Gasteiger partial charge >= 0.3 is 0 Å². The van der Waals surface area contributed by atoms with Gasteiger partial charge in [-0.05, 0) is 31.7 Å². The quantitative estimate of drug-likeness (QED) is 0.662. The fourth-order valence-electron chi connectivity index (χ4n) is 2.67. The fourth-order valence-corrected chi connectivity index (χ4v) is 2.67. The molecular weight excluding hydrogens is 300 g/mol. The molecule has 1 N–H and O–H groups in total. The number of nitrogens with one attached hydrogen (secondary N) is 1. The molecule has 4 heteroatoms. The van der Waals surface area contributed by atoms with Gasteiger partial charge in [0.1, 0.15) is 6.04 Å². The Morgan fingerprint density at radius 1 is 1.08 bits per heavy atom. The summed E-state index contributed by atoms with van der Waals surface area (Å²) in [5, 5.41) is 2.97. The summed E-state index contributed by atoms with van der Waals surface area (Å²) in [4.78, 5) is 26.9. The number of hydrogen-bond donors (Lipinski definition) is 1. The van der Waals surface area contributed by atoms with Crippen molar-refractivity contribution < 1.29 is 9.59 Å². The zero-order chi connectivity index (χ0) is 17.9. The second kappa shape index (κ2) is 10.8. The smallest absolute Gasteiger partial charge is 0.242 e. The standard InChI is InChI=1S/C20H32N2O2/c1-5-8-14-21-20(24)18(7-3)22(19(23)9-6-2)15-17-12-10-16(4)11-13-17/h10-13,18H,5-9,14-15H2,1-4H3,(H,21,24)/t18-/m0/s1. The average Bonchev–Trinajstić information content (AvgIpc) is 2.57. The maximum absolute atomic E-state index is 12.6. The first-order valence-corrected chi connectivity index (χ1v) is 9.16. The molecule has 1 aromatic rings. The van der Waals surface area contributed by atoms with E-state index in [2.05, 4.69) is 12.2 Å². The lowest BCUT2D eigenvalue weighted by molar-refractivity contribution is -0.141. The maximum Gasteiger partial charge on any atom is 0.242 e. The Morgan fingerprint density at radius 3 is 2.29 bits per heavy atom. The van der Waals surface area contributed by atoms with Crippen LogP contribution in [0.4, 0.5) is 0 Å². The van der Waals surface area contributed by atoms with Crippen molar-refractivity contribution >= 4 is 11.8 Å². The molecule has 134 valence electrons. The molecule has 1 rings (SSSR count). The Bertz CT molecular complexity index is 511. The predicted molar refractivity (Wildman–Crippen MR) is 98.6 cm³/mol. The summed E-state index contributed by atoms with van der Waals surface area (Å²) in [5.41, 5.74) is 2.25. The Morgan fingerprint density at radius 2 is 1.75 bits per heavy atom. The van der Waals surface area contributed by atoms with Crippen LogP contribution in [0.25, 0.3) is 0 Å². The first kappa shape index (κ1) is 20.2. The van der Waals surface area contributed by atoms with Crippen LogP contribution >= 0.6 is 0 Å². The van der Waals surface area contributed by atoms with Crippen LogP contribution in [0.1, 0.15) is 64.0 Å². The molecule has 0 aliphatic carbocycles. The molecule has 0 radical (unpaired) electrons. The Hall–Kier alpha value is -1.84. The number of nitrogens with zero attached hydrogens (tertiary/aromatic N) is 1. The van der Waals surface area contributed by atoms with Crippen LogP contribution in [0.2, 0.25) is 0 Å². The molecule has 2 amide bonds. The van der Waals surface area contributed by atoms with Crippen molar-refractivity contribution in [3.8, 4) is 0 Å². The van der Waals surface area contributed by atoms with Crippen molar-refractivity contribution in [1.29, 1.82) is 0 Å². The van der Waals surface area contributed by atoms with Gasteiger partial charge in [0, 0.05) is 19.5 Å². The summed E-state index contributed by atoms with van der Waals surface area (Å²) in [6.45, 7) is 9.25. The third-order valence-electron chi connectivity index (χ3n) is 4.15. The van der Waals surface area contributed by atoms with E-state index in [0.29, 0.717) is 25.9 Å². The molecule has 0 unspecified atom stereocenters. The lowest BCUT2D eigenvalue weighted by atomic mass is 10.1. The maximum atomic E-state index is 12.6. The molecule has 0 saturated heterocycles. The molecule has 1 aromatic carbocycles. The van der Waals surface area contributed by atoms with Gasteiger partial charge in [0.2, 0.25) is 11.8 Å². The predicted octanol–water partition coefficient (Wildman–Crippen LogP) is 3.82. The molecule has 0 aromatic heterocycles. The van der Waals surface area contributed by atoms with Crippen LogP contribution in [0, 0.1) is 6.92 Å². The molecule has 0 aliphatic rings. The number of carbonyl (C=O) groups excluding carboxylic acids is 2. The Kier molecular flexibility index (Phi) is 9.13. The van der Waals surface area contributed by atoms with Gasteiger partial charge in [-0.1, -0.05) is 57.0 Å². The van der Waals surface area contributed by atoms with E-state index in [1.54, 1.807) is 4.90 Å². The van der Waals surface area contributed by atoms with Crippen molar-refractivity contribution in [1.82, 2.24) is 10.2 Å². The average molecular weight is 332 g/mol. The number of unbranched alkanes of at least 4 members (excludes halogenated alkanes) is 1. The van der Waals surface area contributed by atoms with E-state index in [4.69, 9.17) is 0 Å². The van der Waals surface area contributed by atoms with Crippen LogP contribution in [-0.4, -0.2) is 29.3 Å². The molecule has 24 heavy (non-hydrogen) atoms. The minimum absolute atomic E-state index is 0.0393. The zero-order valence-corrected chi connectivity index (χ0v) is 15.6. The molecule has 0 heterocycles. The monoisotopic (exact) mass is 332 g/mol. The minimum atomic E-state index is -0.401. The number of amides is 2. The largest absolute Gasteiger partial charge is 0.354 e. The Labute approximate surface area is 146 Å².